The average Bonchev–Trinajstić information content (AvgIpc) is 3.17. The number of hydrogen-bond acceptors (Lipinski definition) is 4. The first-order valence-corrected chi connectivity index (χ1v) is 7.95. The van der Waals surface area contributed by atoms with Crippen LogP contribution in [0.4, 0.5) is 0 Å². The minimum Gasteiger partial charge on any atom is -0.497 e. The Balaban J connectivity index is 1.58. The molecule has 0 saturated heterocycles. The standard InChI is InChI=1S/C18H22N4O2/c1-14-17(12-21(2)20-14)18-11-19-13-22(18)8-5-9-24-16-7-4-6-15(10-16)23-3/h4,6-7,10-13H,5,8-9H2,1-3H3. The Morgan fingerprint density at radius 3 is 2.79 bits per heavy atom. The van der Waals surface area contributed by atoms with Gasteiger partial charge in [-0.1, -0.05) is 6.07 Å². The molecule has 0 aliphatic heterocycles. The third-order valence-corrected chi connectivity index (χ3v) is 3.85. The van der Waals surface area contributed by atoms with Gasteiger partial charge in [0.2, 0.25) is 0 Å². The predicted octanol–water partition coefficient (Wildman–Crippen LogP) is 3.07. The van der Waals surface area contributed by atoms with E-state index in [9.17, 15) is 0 Å². The molecule has 6 nitrogen and oxygen atoms in total. The molecule has 3 rings (SSSR count). The van der Waals surface area contributed by atoms with E-state index in [2.05, 4.69) is 14.6 Å². The number of hydrogen-bond donors (Lipinski definition) is 0. The van der Waals surface area contributed by atoms with Gasteiger partial charge in [0.15, 0.2) is 0 Å². The van der Waals surface area contributed by atoms with Crippen LogP contribution in [0.5, 0.6) is 11.5 Å². The SMILES string of the molecule is COc1cccc(OCCCn2cncc2-c2cn(C)nc2C)c1. The molecule has 0 amide bonds. The monoisotopic (exact) mass is 326 g/mol. The molecular weight excluding hydrogens is 304 g/mol. The summed E-state index contributed by atoms with van der Waals surface area (Å²) in [6, 6.07) is 7.65. The van der Waals surface area contributed by atoms with Gasteiger partial charge in [-0.15, -0.1) is 0 Å². The van der Waals surface area contributed by atoms with E-state index in [-0.39, 0.29) is 0 Å². The third kappa shape index (κ3) is 3.59. The zero-order valence-corrected chi connectivity index (χ0v) is 14.3. The lowest BCUT2D eigenvalue weighted by Gasteiger charge is -2.10. The number of nitrogens with zero attached hydrogens (tertiary/aromatic N) is 4. The lowest BCUT2D eigenvalue weighted by Crippen LogP contribution is -2.05. The predicted molar refractivity (Wildman–Crippen MR) is 92.3 cm³/mol. The van der Waals surface area contributed by atoms with E-state index < -0.39 is 0 Å². The van der Waals surface area contributed by atoms with Crippen molar-refractivity contribution in [1.82, 2.24) is 19.3 Å². The molecule has 0 radical (unpaired) electrons. The molecule has 2 aromatic heterocycles. The quantitative estimate of drug-likeness (QED) is 0.626. The fourth-order valence-corrected chi connectivity index (χ4v) is 2.69. The van der Waals surface area contributed by atoms with Crippen LogP contribution in [-0.4, -0.2) is 33.0 Å². The maximum Gasteiger partial charge on any atom is 0.122 e. The molecule has 0 N–H and O–H groups in total. The minimum atomic E-state index is 0.636. The summed E-state index contributed by atoms with van der Waals surface area (Å²) in [4.78, 5) is 4.28. The van der Waals surface area contributed by atoms with E-state index in [1.165, 1.54) is 0 Å². The van der Waals surface area contributed by atoms with Crippen molar-refractivity contribution in [3.63, 3.8) is 0 Å². The lowest BCUT2D eigenvalue weighted by molar-refractivity contribution is 0.300. The van der Waals surface area contributed by atoms with Crippen molar-refractivity contribution in [1.29, 1.82) is 0 Å². The minimum absolute atomic E-state index is 0.636. The number of rotatable bonds is 7. The number of ether oxygens (including phenoxy) is 2. The molecule has 0 aliphatic rings. The van der Waals surface area contributed by atoms with Crippen molar-refractivity contribution in [3.05, 3.63) is 48.7 Å². The molecule has 0 bridgehead atoms. The van der Waals surface area contributed by atoms with Gasteiger partial charge in [0.05, 0.1) is 37.6 Å². The largest absolute Gasteiger partial charge is 0.497 e. The second-order valence-corrected chi connectivity index (χ2v) is 5.66. The fourth-order valence-electron chi connectivity index (χ4n) is 2.69. The van der Waals surface area contributed by atoms with Gasteiger partial charge in [-0.25, -0.2) is 4.98 Å². The third-order valence-electron chi connectivity index (χ3n) is 3.85. The van der Waals surface area contributed by atoms with E-state index in [0.29, 0.717) is 6.61 Å². The molecule has 24 heavy (non-hydrogen) atoms. The van der Waals surface area contributed by atoms with Gasteiger partial charge < -0.3 is 14.0 Å². The van der Waals surface area contributed by atoms with Gasteiger partial charge in [-0.05, 0) is 25.5 Å². The van der Waals surface area contributed by atoms with Gasteiger partial charge in [0.25, 0.3) is 0 Å². The molecule has 0 unspecified atom stereocenters. The molecule has 1 aromatic carbocycles. The summed E-state index contributed by atoms with van der Waals surface area (Å²) in [7, 11) is 3.58. The molecule has 0 spiro atoms. The van der Waals surface area contributed by atoms with Crippen LogP contribution in [0.15, 0.2) is 43.0 Å². The maximum absolute atomic E-state index is 5.79. The van der Waals surface area contributed by atoms with E-state index in [4.69, 9.17) is 9.47 Å². The van der Waals surface area contributed by atoms with Crippen LogP contribution in [0.25, 0.3) is 11.3 Å². The normalized spacial score (nSPS) is 10.8. The molecule has 0 fully saturated rings. The molecule has 3 aromatic rings. The van der Waals surface area contributed by atoms with E-state index >= 15 is 0 Å². The molecule has 0 atom stereocenters. The summed E-state index contributed by atoms with van der Waals surface area (Å²) in [5.41, 5.74) is 3.21. The van der Waals surface area contributed by atoms with Crippen molar-refractivity contribution in [3.8, 4) is 22.8 Å². The van der Waals surface area contributed by atoms with Gasteiger partial charge in [0.1, 0.15) is 11.5 Å². The van der Waals surface area contributed by atoms with Crippen LogP contribution < -0.4 is 9.47 Å². The van der Waals surface area contributed by atoms with Crippen molar-refractivity contribution in [2.24, 2.45) is 7.05 Å². The fraction of sp³-hybridized carbons (Fsp3) is 0.333. The smallest absolute Gasteiger partial charge is 0.122 e. The summed E-state index contributed by atoms with van der Waals surface area (Å²) >= 11 is 0. The van der Waals surface area contributed by atoms with Crippen LogP contribution >= 0.6 is 0 Å². The highest BCUT2D eigenvalue weighted by atomic mass is 16.5. The molecule has 0 aliphatic carbocycles. The summed E-state index contributed by atoms with van der Waals surface area (Å²) in [5, 5.41) is 4.40. The molecule has 0 saturated carbocycles. The number of benzene rings is 1. The topological polar surface area (TPSA) is 54.1 Å². The summed E-state index contributed by atoms with van der Waals surface area (Å²) in [5.74, 6) is 1.62. The summed E-state index contributed by atoms with van der Waals surface area (Å²) in [6.45, 7) is 3.49. The summed E-state index contributed by atoms with van der Waals surface area (Å²) < 4.78 is 15.0. The Bertz CT molecular complexity index is 807. The number of aromatic nitrogens is 4. The Hall–Kier alpha value is -2.76. The molecule has 6 heteroatoms. The second-order valence-electron chi connectivity index (χ2n) is 5.66. The van der Waals surface area contributed by atoms with Crippen LogP contribution in [0, 0.1) is 6.92 Å². The lowest BCUT2D eigenvalue weighted by atomic mass is 10.2. The van der Waals surface area contributed by atoms with E-state index in [0.717, 1.165) is 41.4 Å². The Labute approximate surface area is 141 Å². The number of aryl methyl sites for hydroxylation is 3. The van der Waals surface area contributed by atoms with Gasteiger partial charge in [-0.2, -0.15) is 5.10 Å². The molecule has 2 heterocycles. The van der Waals surface area contributed by atoms with Crippen LogP contribution in [0.3, 0.4) is 0 Å². The first kappa shape index (κ1) is 16.1. The van der Waals surface area contributed by atoms with Crippen molar-refractivity contribution >= 4 is 0 Å². The van der Waals surface area contributed by atoms with Gasteiger partial charge in [-0.3, -0.25) is 4.68 Å². The van der Waals surface area contributed by atoms with E-state index in [1.807, 2.05) is 61.6 Å². The number of imidazole rings is 1. The first-order chi connectivity index (χ1) is 11.7. The maximum atomic E-state index is 5.79. The van der Waals surface area contributed by atoms with Crippen LogP contribution in [0.1, 0.15) is 12.1 Å². The van der Waals surface area contributed by atoms with Crippen molar-refractivity contribution < 1.29 is 9.47 Å². The summed E-state index contributed by atoms with van der Waals surface area (Å²) in [6.07, 6.45) is 6.65. The average molecular weight is 326 g/mol. The van der Waals surface area contributed by atoms with Gasteiger partial charge in [0, 0.05) is 31.4 Å². The zero-order valence-electron chi connectivity index (χ0n) is 14.3. The van der Waals surface area contributed by atoms with E-state index in [1.54, 1.807) is 7.11 Å². The second kappa shape index (κ2) is 7.21. The van der Waals surface area contributed by atoms with Gasteiger partial charge >= 0.3 is 0 Å². The molecular formula is C18H22N4O2. The number of methoxy groups -OCH3 is 1. The zero-order chi connectivity index (χ0) is 16.9. The highest BCUT2D eigenvalue weighted by Gasteiger charge is 2.10. The Kier molecular flexibility index (Phi) is 4.84. The Morgan fingerprint density at radius 1 is 1.21 bits per heavy atom. The van der Waals surface area contributed by atoms with Crippen molar-refractivity contribution in [2.75, 3.05) is 13.7 Å². The van der Waals surface area contributed by atoms with Crippen molar-refractivity contribution in [2.45, 2.75) is 19.9 Å². The Morgan fingerprint density at radius 2 is 2.04 bits per heavy atom. The highest BCUT2D eigenvalue weighted by Crippen LogP contribution is 2.22. The van der Waals surface area contributed by atoms with Crippen LogP contribution in [0.2, 0.25) is 0 Å². The first-order valence-electron chi connectivity index (χ1n) is 7.95. The molecule has 126 valence electrons. The van der Waals surface area contributed by atoms with Crippen LogP contribution in [-0.2, 0) is 13.6 Å². The highest BCUT2D eigenvalue weighted by molar-refractivity contribution is 5.60.